The zero-order chi connectivity index (χ0) is 19.2. The summed E-state index contributed by atoms with van der Waals surface area (Å²) < 4.78 is 10.6. The highest BCUT2D eigenvalue weighted by Crippen LogP contribution is 2.31. The molecule has 6 heteroatoms. The summed E-state index contributed by atoms with van der Waals surface area (Å²) in [7, 11) is 3.10. The van der Waals surface area contributed by atoms with Gasteiger partial charge in [0, 0.05) is 17.3 Å². The van der Waals surface area contributed by atoms with Crippen molar-refractivity contribution in [2.24, 2.45) is 0 Å². The van der Waals surface area contributed by atoms with Crippen LogP contribution in [0.3, 0.4) is 0 Å². The lowest BCUT2D eigenvalue weighted by Gasteiger charge is -2.14. The van der Waals surface area contributed by atoms with Gasteiger partial charge in [-0.25, -0.2) is 0 Å². The first-order valence-electron chi connectivity index (χ1n) is 8.70. The fourth-order valence-electron chi connectivity index (χ4n) is 3.08. The van der Waals surface area contributed by atoms with Gasteiger partial charge in [-0.05, 0) is 36.6 Å². The Kier molecular flexibility index (Phi) is 5.76. The molecular formula is C21H22N2O4. The molecule has 0 bridgehead atoms. The van der Waals surface area contributed by atoms with Crippen LogP contribution >= 0.6 is 0 Å². The summed E-state index contributed by atoms with van der Waals surface area (Å²) >= 11 is 0. The topological polar surface area (TPSA) is 76.7 Å². The Balaban J connectivity index is 1.68. The predicted octanol–water partition coefficient (Wildman–Crippen LogP) is 2.79. The molecule has 0 fully saturated rings. The summed E-state index contributed by atoms with van der Waals surface area (Å²) in [6.45, 7) is 0. The molecule has 0 saturated carbocycles. The number of hydrogen-bond acceptors (Lipinski definition) is 4. The van der Waals surface area contributed by atoms with Crippen LogP contribution in [-0.4, -0.2) is 32.1 Å². The molecule has 1 aliphatic rings. The molecule has 1 unspecified atom stereocenters. The SMILES string of the molecule is COc1cccc(/C=C/C(=O)NC2CCc3ccccc3NC2=O)c1OC. The summed E-state index contributed by atoms with van der Waals surface area (Å²) in [6.07, 6.45) is 4.29. The highest BCUT2D eigenvalue weighted by atomic mass is 16.5. The third-order valence-corrected chi connectivity index (χ3v) is 4.46. The van der Waals surface area contributed by atoms with Crippen molar-refractivity contribution >= 4 is 23.6 Å². The number of fused-ring (bicyclic) bond motifs is 1. The van der Waals surface area contributed by atoms with Gasteiger partial charge in [0.1, 0.15) is 6.04 Å². The Labute approximate surface area is 158 Å². The number of aryl methyl sites for hydroxylation is 1. The second kappa shape index (κ2) is 8.40. The Bertz CT molecular complexity index is 876. The normalized spacial score (nSPS) is 16.2. The molecule has 2 N–H and O–H groups in total. The second-order valence-corrected chi connectivity index (χ2v) is 6.16. The van der Waals surface area contributed by atoms with E-state index >= 15 is 0 Å². The molecule has 1 aliphatic heterocycles. The lowest BCUT2D eigenvalue weighted by Crippen LogP contribution is -2.42. The fourth-order valence-corrected chi connectivity index (χ4v) is 3.08. The van der Waals surface area contributed by atoms with E-state index in [4.69, 9.17) is 9.47 Å². The predicted molar refractivity (Wildman–Crippen MR) is 104 cm³/mol. The molecule has 0 aromatic heterocycles. The van der Waals surface area contributed by atoms with E-state index in [1.54, 1.807) is 26.4 Å². The van der Waals surface area contributed by atoms with E-state index < -0.39 is 6.04 Å². The zero-order valence-corrected chi connectivity index (χ0v) is 15.3. The Morgan fingerprint density at radius 2 is 1.96 bits per heavy atom. The summed E-state index contributed by atoms with van der Waals surface area (Å²) in [4.78, 5) is 24.7. The van der Waals surface area contributed by atoms with E-state index in [1.165, 1.54) is 6.08 Å². The van der Waals surface area contributed by atoms with Crippen LogP contribution in [-0.2, 0) is 16.0 Å². The standard InChI is InChI=1S/C21H22N2O4/c1-26-18-9-5-7-15(20(18)27-2)11-13-19(24)22-17-12-10-14-6-3-4-8-16(14)23-21(17)25/h3-9,11,13,17H,10,12H2,1-2H3,(H,22,24)(H,23,25)/b13-11+. The van der Waals surface area contributed by atoms with E-state index in [0.717, 1.165) is 11.3 Å². The van der Waals surface area contributed by atoms with Crippen molar-refractivity contribution in [2.75, 3.05) is 19.5 Å². The lowest BCUT2D eigenvalue weighted by molar-refractivity contribution is -0.123. The van der Waals surface area contributed by atoms with Gasteiger partial charge < -0.3 is 20.1 Å². The Morgan fingerprint density at radius 3 is 2.74 bits per heavy atom. The van der Waals surface area contributed by atoms with Gasteiger partial charge >= 0.3 is 0 Å². The average Bonchev–Trinajstić information content (AvgIpc) is 2.84. The molecule has 0 saturated heterocycles. The molecule has 0 aliphatic carbocycles. The molecule has 6 nitrogen and oxygen atoms in total. The molecule has 3 rings (SSSR count). The smallest absolute Gasteiger partial charge is 0.246 e. The van der Waals surface area contributed by atoms with Crippen LogP contribution in [0.25, 0.3) is 6.08 Å². The highest BCUT2D eigenvalue weighted by molar-refractivity contribution is 6.01. The molecule has 2 amide bonds. The Hall–Kier alpha value is -3.28. The summed E-state index contributed by atoms with van der Waals surface area (Å²) in [6, 6.07) is 12.5. The first kappa shape index (κ1) is 18.5. The number of ether oxygens (including phenoxy) is 2. The quantitative estimate of drug-likeness (QED) is 0.798. The van der Waals surface area contributed by atoms with Crippen LogP contribution in [0.1, 0.15) is 17.5 Å². The largest absolute Gasteiger partial charge is 0.493 e. The maximum Gasteiger partial charge on any atom is 0.246 e. The van der Waals surface area contributed by atoms with Crippen LogP contribution in [0, 0.1) is 0 Å². The third-order valence-electron chi connectivity index (χ3n) is 4.46. The van der Waals surface area contributed by atoms with Crippen molar-refractivity contribution in [1.29, 1.82) is 0 Å². The van der Waals surface area contributed by atoms with Crippen molar-refractivity contribution < 1.29 is 19.1 Å². The van der Waals surface area contributed by atoms with Crippen LogP contribution in [0.4, 0.5) is 5.69 Å². The van der Waals surface area contributed by atoms with Crippen LogP contribution in [0.15, 0.2) is 48.5 Å². The number of anilines is 1. The maximum absolute atomic E-state index is 12.4. The molecule has 1 heterocycles. The van der Waals surface area contributed by atoms with Gasteiger partial charge in [0.2, 0.25) is 11.8 Å². The molecule has 2 aromatic rings. The van der Waals surface area contributed by atoms with E-state index in [9.17, 15) is 9.59 Å². The minimum Gasteiger partial charge on any atom is -0.493 e. The zero-order valence-electron chi connectivity index (χ0n) is 15.3. The number of carbonyl (C=O) groups excluding carboxylic acids is 2. The van der Waals surface area contributed by atoms with Gasteiger partial charge in [-0.3, -0.25) is 9.59 Å². The average molecular weight is 366 g/mol. The van der Waals surface area contributed by atoms with Gasteiger partial charge in [0.15, 0.2) is 11.5 Å². The van der Waals surface area contributed by atoms with Crippen LogP contribution in [0.5, 0.6) is 11.5 Å². The van der Waals surface area contributed by atoms with Gasteiger partial charge in [0.25, 0.3) is 0 Å². The number of nitrogens with one attached hydrogen (secondary N) is 2. The van der Waals surface area contributed by atoms with E-state index in [2.05, 4.69) is 10.6 Å². The summed E-state index contributed by atoms with van der Waals surface area (Å²) in [5, 5.41) is 5.64. The van der Waals surface area contributed by atoms with E-state index in [1.807, 2.05) is 36.4 Å². The summed E-state index contributed by atoms with van der Waals surface area (Å²) in [5.41, 5.74) is 2.58. The molecule has 27 heavy (non-hydrogen) atoms. The van der Waals surface area contributed by atoms with Crippen molar-refractivity contribution in [1.82, 2.24) is 5.32 Å². The van der Waals surface area contributed by atoms with Gasteiger partial charge in [-0.1, -0.05) is 30.3 Å². The number of methoxy groups -OCH3 is 2. The first-order chi connectivity index (χ1) is 13.1. The van der Waals surface area contributed by atoms with E-state index in [-0.39, 0.29) is 11.8 Å². The van der Waals surface area contributed by atoms with Crippen LogP contribution in [0.2, 0.25) is 0 Å². The minimum atomic E-state index is -0.582. The fraction of sp³-hybridized carbons (Fsp3) is 0.238. The Morgan fingerprint density at radius 1 is 1.15 bits per heavy atom. The summed E-state index contributed by atoms with van der Waals surface area (Å²) in [5.74, 6) is 0.583. The molecule has 0 spiro atoms. The van der Waals surface area contributed by atoms with Crippen molar-refractivity contribution in [2.45, 2.75) is 18.9 Å². The third kappa shape index (κ3) is 4.28. The maximum atomic E-state index is 12.4. The number of hydrogen-bond donors (Lipinski definition) is 2. The number of para-hydroxylation sites is 2. The molecule has 1 atom stereocenters. The van der Waals surface area contributed by atoms with Crippen molar-refractivity contribution in [3.8, 4) is 11.5 Å². The number of carbonyl (C=O) groups is 2. The highest BCUT2D eigenvalue weighted by Gasteiger charge is 2.24. The van der Waals surface area contributed by atoms with Crippen molar-refractivity contribution in [3.05, 3.63) is 59.7 Å². The van der Waals surface area contributed by atoms with Gasteiger partial charge in [0.05, 0.1) is 14.2 Å². The monoisotopic (exact) mass is 366 g/mol. The first-order valence-corrected chi connectivity index (χ1v) is 8.70. The molecule has 0 radical (unpaired) electrons. The number of amides is 2. The van der Waals surface area contributed by atoms with Crippen molar-refractivity contribution in [3.63, 3.8) is 0 Å². The molecular weight excluding hydrogens is 344 g/mol. The molecule has 140 valence electrons. The van der Waals surface area contributed by atoms with Gasteiger partial charge in [-0.15, -0.1) is 0 Å². The molecule has 2 aromatic carbocycles. The number of rotatable bonds is 5. The lowest BCUT2D eigenvalue weighted by atomic mass is 10.1. The van der Waals surface area contributed by atoms with Crippen LogP contribution < -0.4 is 20.1 Å². The minimum absolute atomic E-state index is 0.208. The second-order valence-electron chi connectivity index (χ2n) is 6.16. The van der Waals surface area contributed by atoms with Gasteiger partial charge in [-0.2, -0.15) is 0 Å². The number of benzene rings is 2. The van der Waals surface area contributed by atoms with E-state index in [0.29, 0.717) is 29.9 Å².